The summed E-state index contributed by atoms with van der Waals surface area (Å²) in [4.78, 5) is 11.3. The van der Waals surface area contributed by atoms with Crippen LogP contribution >= 0.6 is 15.9 Å². The lowest BCUT2D eigenvalue weighted by atomic mass is 10.3. The summed E-state index contributed by atoms with van der Waals surface area (Å²) in [6, 6.07) is 1.88. The number of carbonyl (C=O) groups is 1. The zero-order chi connectivity index (χ0) is 12.8. The van der Waals surface area contributed by atoms with Crippen LogP contribution in [0.25, 0.3) is 0 Å². The molecule has 0 aliphatic heterocycles. The molecule has 0 fully saturated rings. The van der Waals surface area contributed by atoms with Gasteiger partial charge in [0.2, 0.25) is 5.91 Å². The zero-order valence-electron chi connectivity index (χ0n) is 9.01. The fourth-order valence-corrected chi connectivity index (χ4v) is 1.36. The minimum absolute atomic E-state index is 0.0115. The van der Waals surface area contributed by atoms with E-state index in [1.54, 1.807) is 19.1 Å². The van der Waals surface area contributed by atoms with Gasteiger partial charge in [0.05, 0.1) is 10.2 Å². The molecule has 0 radical (unpaired) electrons. The van der Waals surface area contributed by atoms with Crippen molar-refractivity contribution in [2.45, 2.75) is 6.92 Å². The average molecular weight is 302 g/mol. The molecule has 0 aliphatic carbocycles. The van der Waals surface area contributed by atoms with Gasteiger partial charge in [0, 0.05) is 12.1 Å². The Morgan fingerprint density at radius 3 is 2.65 bits per heavy atom. The van der Waals surface area contributed by atoms with Crippen LogP contribution in [0.1, 0.15) is 6.92 Å². The first-order chi connectivity index (χ1) is 8.04. The number of halogens is 3. The van der Waals surface area contributed by atoms with Crippen LogP contribution in [0.15, 0.2) is 40.9 Å². The fourth-order valence-electron chi connectivity index (χ4n) is 1.05. The molecule has 17 heavy (non-hydrogen) atoms. The lowest BCUT2D eigenvalue weighted by Crippen LogP contribution is -2.09. The van der Waals surface area contributed by atoms with Gasteiger partial charge in [0.15, 0.2) is 0 Å². The van der Waals surface area contributed by atoms with E-state index >= 15 is 0 Å². The predicted molar refractivity (Wildman–Crippen MR) is 66.6 cm³/mol. The van der Waals surface area contributed by atoms with E-state index in [1.807, 2.05) is 0 Å². The van der Waals surface area contributed by atoms with E-state index in [0.29, 0.717) is 0 Å². The third-order valence-electron chi connectivity index (χ3n) is 1.82. The van der Waals surface area contributed by atoms with E-state index in [-0.39, 0.29) is 10.2 Å². The van der Waals surface area contributed by atoms with Gasteiger partial charge in [-0.15, -0.1) is 0 Å². The number of amides is 1. The first-order valence-electron chi connectivity index (χ1n) is 4.79. The summed E-state index contributed by atoms with van der Waals surface area (Å²) in [5.74, 6) is -1.87. The number of hydrogen-bond acceptors (Lipinski definition) is 1. The second-order valence-corrected chi connectivity index (χ2v) is 3.97. The predicted octanol–water partition coefficient (Wildman–Crippen LogP) is 3.80. The van der Waals surface area contributed by atoms with Gasteiger partial charge >= 0.3 is 0 Å². The molecule has 0 bridgehead atoms. The molecule has 1 aromatic carbocycles. The molecule has 90 valence electrons. The molecule has 0 saturated heterocycles. The first-order valence-corrected chi connectivity index (χ1v) is 5.58. The highest BCUT2D eigenvalue weighted by atomic mass is 79.9. The monoisotopic (exact) mass is 301 g/mol. The Labute approximate surface area is 106 Å². The van der Waals surface area contributed by atoms with Crippen molar-refractivity contribution in [3.63, 3.8) is 0 Å². The highest BCUT2D eigenvalue weighted by Crippen LogP contribution is 2.23. The number of anilines is 1. The quantitative estimate of drug-likeness (QED) is 0.513. The van der Waals surface area contributed by atoms with E-state index in [4.69, 9.17) is 0 Å². The number of rotatable bonds is 3. The van der Waals surface area contributed by atoms with Gasteiger partial charge in [0.1, 0.15) is 11.6 Å². The van der Waals surface area contributed by atoms with Crippen LogP contribution in [-0.2, 0) is 4.79 Å². The molecule has 1 aromatic rings. The van der Waals surface area contributed by atoms with Gasteiger partial charge in [-0.3, -0.25) is 4.79 Å². The molecule has 1 amide bonds. The van der Waals surface area contributed by atoms with Crippen molar-refractivity contribution in [3.8, 4) is 0 Å². The molecule has 1 rings (SSSR count). The normalized spacial score (nSPS) is 11.3. The minimum atomic E-state index is -0.703. The Kier molecular flexibility index (Phi) is 5.03. The second-order valence-electron chi connectivity index (χ2n) is 3.12. The number of allylic oxidation sites excluding steroid dienone is 3. The molecule has 0 aromatic heterocycles. The third-order valence-corrected chi connectivity index (χ3v) is 2.43. The van der Waals surface area contributed by atoms with Crippen LogP contribution in [0, 0.1) is 11.6 Å². The van der Waals surface area contributed by atoms with Crippen LogP contribution in [0.5, 0.6) is 0 Å². The van der Waals surface area contributed by atoms with E-state index in [1.165, 1.54) is 12.2 Å². The van der Waals surface area contributed by atoms with Crippen LogP contribution in [0.3, 0.4) is 0 Å². The topological polar surface area (TPSA) is 29.1 Å². The molecular weight excluding hydrogens is 292 g/mol. The minimum Gasteiger partial charge on any atom is -0.320 e. The maximum atomic E-state index is 13.3. The molecule has 1 N–H and O–H groups in total. The smallest absolute Gasteiger partial charge is 0.248 e. The van der Waals surface area contributed by atoms with Crippen molar-refractivity contribution in [3.05, 3.63) is 52.5 Å². The largest absolute Gasteiger partial charge is 0.320 e. The Balaban J connectivity index is 2.82. The van der Waals surface area contributed by atoms with Gasteiger partial charge in [-0.2, -0.15) is 0 Å². The summed E-state index contributed by atoms with van der Waals surface area (Å²) in [5.41, 5.74) is -0.194. The number of benzene rings is 1. The summed E-state index contributed by atoms with van der Waals surface area (Å²) in [6.07, 6.45) is 6.11. The highest BCUT2D eigenvalue weighted by Gasteiger charge is 2.09. The summed E-state index contributed by atoms with van der Waals surface area (Å²) >= 11 is 2.85. The van der Waals surface area contributed by atoms with Crippen LogP contribution < -0.4 is 5.32 Å². The van der Waals surface area contributed by atoms with Crippen molar-refractivity contribution < 1.29 is 13.6 Å². The maximum Gasteiger partial charge on any atom is 0.248 e. The SMILES string of the molecule is CC=CC=CC(=O)Nc1cc(F)c(Br)cc1F. The number of carbonyl (C=O) groups excluding carboxylic acids is 1. The standard InChI is InChI=1S/C12H10BrF2NO/c1-2-3-4-5-12(17)16-11-7-9(14)8(13)6-10(11)15/h2-7H,1H3,(H,16,17). The van der Waals surface area contributed by atoms with Crippen molar-refractivity contribution >= 4 is 27.5 Å². The molecule has 0 aliphatic rings. The maximum absolute atomic E-state index is 13.3. The summed E-state index contributed by atoms with van der Waals surface area (Å²) in [7, 11) is 0. The Bertz CT molecular complexity index is 484. The molecule has 0 atom stereocenters. The van der Waals surface area contributed by atoms with Crippen LogP contribution in [0.4, 0.5) is 14.5 Å². The highest BCUT2D eigenvalue weighted by molar-refractivity contribution is 9.10. The van der Waals surface area contributed by atoms with Gasteiger partial charge in [-0.05, 0) is 28.9 Å². The van der Waals surface area contributed by atoms with E-state index in [9.17, 15) is 13.6 Å². The average Bonchev–Trinajstić information content (AvgIpc) is 2.26. The Morgan fingerprint density at radius 2 is 2.00 bits per heavy atom. The van der Waals surface area contributed by atoms with E-state index in [2.05, 4.69) is 21.2 Å². The van der Waals surface area contributed by atoms with Gasteiger partial charge < -0.3 is 5.32 Å². The first kappa shape index (κ1) is 13.6. The van der Waals surface area contributed by atoms with Crippen molar-refractivity contribution in [2.75, 3.05) is 5.32 Å². The fraction of sp³-hybridized carbons (Fsp3) is 0.0833. The lowest BCUT2D eigenvalue weighted by molar-refractivity contribution is -0.111. The van der Waals surface area contributed by atoms with Crippen molar-refractivity contribution in [2.24, 2.45) is 0 Å². The summed E-state index contributed by atoms with van der Waals surface area (Å²) in [5, 5.41) is 2.24. The molecule has 0 unspecified atom stereocenters. The molecular formula is C12H10BrF2NO. The molecule has 0 heterocycles. The second kappa shape index (κ2) is 6.30. The summed E-state index contributed by atoms with van der Waals surface area (Å²) in [6.45, 7) is 1.80. The third kappa shape index (κ3) is 4.11. The van der Waals surface area contributed by atoms with Gasteiger partial charge in [0.25, 0.3) is 0 Å². The number of nitrogens with one attached hydrogen (secondary N) is 1. The van der Waals surface area contributed by atoms with E-state index < -0.39 is 17.5 Å². The van der Waals surface area contributed by atoms with Gasteiger partial charge in [-0.25, -0.2) is 8.78 Å². The lowest BCUT2D eigenvalue weighted by Gasteiger charge is -2.04. The number of hydrogen-bond donors (Lipinski definition) is 1. The van der Waals surface area contributed by atoms with Crippen LogP contribution in [0.2, 0.25) is 0 Å². The van der Waals surface area contributed by atoms with Crippen LogP contribution in [-0.4, -0.2) is 5.91 Å². The molecule has 5 heteroatoms. The molecule has 0 spiro atoms. The Morgan fingerprint density at radius 1 is 1.29 bits per heavy atom. The van der Waals surface area contributed by atoms with Crippen molar-refractivity contribution in [1.29, 1.82) is 0 Å². The zero-order valence-corrected chi connectivity index (χ0v) is 10.6. The summed E-state index contributed by atoms with van der Waals surface area (Å²) < 4.78 is 26.5. The molecule has 0 saturated carbocycles. The van der Waals surface area contributed by atoms with E-state index in [0.717, 1.165) is 12.1 Å². The Hall–Kier alpha value is -1.49. The molecule has 2 nitrogen and oxygen atoms in total. The van der Waals surface area contributed by atoms with Gasteiger partial charge in [-0.1, -0.05) is 18.2 Å². The van der Waals surface area contributed by atoms with Crippen molar-refractivity contribution in [1.82, 2.24) is 0 Å².